The number of rotatable bonds is 6. The fourth-order valence-corrected chi connectivity index (χ4v) is 2.84. The van der Waals surface area contributed by atoms with E-state index in [1.807, 2.05) is 0 Å². The summed E-state index contributed by atoms with van der Waals surface area (Å²) in [4.78, 5) is 2.61. The fraction of sp³-hybridized carbons (Fsp3) is 0.786. The highest BCUT2D eigenvalue weighted by molar-refractivity contribution is 5.09. The van der Waals surface area contributed by atoms with E-state index >= 15 is 0 Å². The number of nitrogens with one attached hydrogen (secondary N) is 1. The van der Waals surface area contributed by atoms with E-state index in [-0.39, 0.29) is 0 Å². The van der Waals surface area contributed by atoms with E-state index in [9.17, 15) is 0 Å². The topological polar surface area (TPSA) is 33.1 Å². The summed E-state index contributed by atoms with van der Waals surface area (Å²) in [6, 6.07) is 2.93. The number of hydrogen-bond acceptors (Lipinski definition) is 3. The van der Waals surface area contributed by atoms with Crippen LogP contribution in [0.25, 0.3) is 0 Å². The lowest BCUT2D eigenvalue weighted by atomic mass is 10.2. The van der Waals surface area contributed by atoms with Gasteiger partial charge in [0.25, 0.3) is 0 Å². The van der Waals surface area contributed by atoms with Crippen molar-refractivity contribution in [3.63, 3.8) is 0 Å². The van der Waals surface area contributed by atoms with Crippen molar-refractivity contribution in [2.24, 2.45) is 0 Å². The SMILES string of the molecule is CCCN(Cc1cc(C)nn1CC)C1CCNC1. The molecule has 2 heterocycles. The zero-order valence-corrected chi connectivity index (χ0v) is 11.9. The third-order valence-electron chi connectivity index (χ3n) is 3.71. The first-order chi connectivity index (χ1) is 8.74. The summed E-state index contributed by atoms with van der Waals surface area (Å²) in [5.41, 5.74) is 2.49. The molecule has 1 atom stereocenters. The molecule has 1 aromatic heterocycles. The van der Waals surface area contributed by atoms with Crippen LogP contribution in [-0.4, -0.2) is 40.4 Å². The molecule has 1 aliphatic heterocycles. The molecule has 1 aliphatic rings. The molecule has 2 rings (SSSR count). The fourth-order valence-electron chi connectivity index (χ4n) is 2.84. The van der Waals surface area contributed by atoms with Gasteiger partial charge in [0.15, 0.2) is 0 Å². The van der Waals surface area contributed by atoms with Crippen LogP contribution in [0.15, 0.2) is 6.07 Å². The average molecular weight is 250 g/mol. The number of aromatic nitrogens is 2. The van der Waals surface area contributed by atoms with Crippen LogP contribution >= 0.6 is 0 Å². The van der Waals surface area contributed by atoms with Gasteiger partial charge in [0, 0.05) is 25.7 Å². The van der Waals surface area contributed by atoms with Crippen molar-refractivity contribution in [3.8, 4) is 0 Å². The summed E-state index contributed by atoms with van der Waals surface area (Å²) in [5, 5.41) is 8.01. The number of hydrogen-bond donors (Lipinski definition) is 1. The summed E-state index contributed by atoms with van der Waals surface area (Å²) < 4.78 is 2.14. The molecule has 1 unspecified atom stereocenters. The van der Waals surface area contributed by atoms with Crippen molar-refractivity contribution in [1.29, 1.82) is 0 Å². The van der Waals surface area contributed by atoms with Crippen molar-refractivity contribution in [2.75, 3.05) is 19.6 Å². The molecule has 102 valence electrons. The Kier molecular flexibility index (Phi) is 4.78. The van der Waals surface area contributed by atoms with Gasteiger partial charge in [-0.3, -0.25) is 9.58 Å². The Bertz CT molecular complexity index is 366. The highest BCUT2D eigenvalue weighted by atomic mass is 15.3. The molecular weight excluding hydrogens is 224 g/mol. The smallest absolute Gasteiger partial charge is 0.0597 e. The standard InChI is InChI=1S/C14H26N4/c1-4-8-17(13-6-7-15-10-13)11-14-9-12(3)16-18(14)5-2/h9,13,15H,4-8,10-11H2,1-3H3. The molecule has 4 nitrogen and oxygen atoms in total. The molecule has 1 saturated heterocycles. The van der Waals surface area contributed by atoms with Crippen LogP contribution in [-0.2, 0) is 13.1 Å². The Hall–Kier alpha value is -0.870. The zero-order chi connectivity index (χ0) is 13.0. The molecule has 0 radical (unpaired) electrons. The summed E-state index contributed by atoms with van der Waals surface area (Å²) in [7, 11) is 0. The van der Waals surface area contributed by atoms with Crippen LogP contribution in [0.2, 0.25) is 0 Å². The highest BCUT2D eigenvalue weighted by Crippen LogP contribution is 2.15. The maximum Gasteiger partial charge on any atom is 0.0597 e. The van der Waals surface area contributed by atoms with Crippen molar-refractivity contribution < 1.29 is 0 Å². The molecule has 0 saturated carbocycles. The van der Waals surface area contributed by atoms with Crippen molar-refractivity contribution in [2.45, 2.75) is 52.7 Å². The van der Waals surface area contributed by atoms with Gasteiger partial charge in [-0.2, -0.15) is 5.10 Å². The summed E-state index contributed by atoms with van der Waals surface area (Å²) in [6.45, 7) is 12.0. The number of nitrogens with zero attached hydrogens (tertiary/aromatic N) is 3. The van der Waals surface area contributed by atoms with E-state index in [1.54, 1.807) is 0 Å². The Morgan fingerprint density at radius 1 is 1.50 bits per heavy atom. The molecule has 4 heteroatoms. The van der Waals surface area contributed by atoms with Crippen LogP contribution in [0.1, 0.15) is 38.1 Å². The molecule has 18 heavy (non-hydrogen) atoms. The lowest BCUT2D eigenvalue weighted by Gasteiger charge is -2.28. The van der Waals surface area contributed by atoms with Crippen LogP contribution < -0.4 is 5.32 Å². The van der Waals surface area contributed by atoms with Crippen molar-refractivity contribution >= 4 is 0 Å². The molecule has 0 aliphatic carbocycles. The molecule has 1 fully saturated rings. The van der Waals surface area contributed by atoms with Crippen LogP contribution in [0, 0.1) is 6.92 Å². The van der Waals surface area contributed by atoms with Crippen LogP contribution in [0.4, 0.5) is 0 Å². The van der Waals surface area contributed by atoms with E-state index in [0.717, 1.165) is 31.9 Å². The largest absolute Gasteiger partial charge is 0.315 e. The Morgan fingerprint density at radius 2 is 2.33 bits per heavy atom. The first-order valence-electron chi connectivity index (χ1n) is 7.22. The summed E-state index contributed by atoms with van der Waals surface area (Å²) in [5.74, 6) is 0. The Labute approximate surface area is 110 Å². The van der Waals surface area contributed by atoms with E-state index in [4.69, 9.17) is 0 Å². The second-order valence-electron chi connectivity index (χ2n) is 5.21. The molecular formula is C14H26N4. The zero-order valence-electron chi connectivity index (χ0n) is 11.9. The minimum Gasteiger partial charge on any atom is -0.315 e. The van der Waals surface area contributed by atoms with E-state index in [2.05, 4.69) is 46.8 Å². The summed E-state index contributed by atoms with van der Waals surface area (Å²) >= 11 is 0. The van der Waals surface area contributed by atoms with Crippen LogP contribution in [0.5, 0.6) is 0 Å². The predicted octanol–water partition coefficient (Wildman–Crippen LogP) is 1.79. The van der Waals surface area contributed by atoms with Gasteiger partial charge in [-0.1, -0.05) is 6.92 Å². The first-order valence-corrected chi connectivity index (χ1v) is 7.22. The summed E-state index contributed by atoms with van der Waals surface area (Å²) in [6.07, 6.45) is 2.50. The molecule has 1 aromatic rings. The minimum atomic E-state index is 0.700. The van der Waals surface area contributed by atoms with Gasteiger partial charge in [0.05, 0.1) is 11.4 Å². The monoisotopic (exact) mass is 250 g/mol. The second-order valence-corrected chi connectivity index (χ2v) is 5.21. The maximum absolute atomic E-state index is 4.54. The molecule has 0 amide bonds. The van der Waals surface area contributed by atoms with Gasteiger partial charge in [0.1, 0.15) is 0 Å². The minimum absolute atomic E-state index is 0.700. The van der Waals surface area contributed by atoms with Crippen molar-refractivity contribution in [3.05, 3.63) is 17.5 Å². The van der Waals surface area contributed by atoms with Gasteiger partial charge in [-0.25, -0.2) is 0 Å². The van der Waals surface area contributed by atoms with Gasteiger partial charge in [-0.05, 0) is 45.8 Å². The van der Waals surface area contributed by atoms with Crippen LogP contribution in [0.3, 0.4) is 0 Å². The van der Waals surface area contributed by atoms with E-state index < -0.39 is 0 Å². The Morgan fingerprint density at radius 3 is 2.94 bits per heavy atom. The first kappa shape index (κ1) is 13.6. The third-order valence-corrected chi connectivity index (χ3v) is 3.71. The van der Waals surface area contributed by atoms with Gasteiger partial charge in [-0.15, -0.1) is 0 Å². The van der Waals surface area contributed by atoms with E-state index in [0.29, 0.717) is 6.04 Å². The predicted molar refractivity (Wildman–Crippen MR) is 74.6 cm³/mol. The molecule has 1 N–H and O–H groups in total. The maximum atomic E-state index is 4.54. The Balaban J connectivity index is 2.06. The van der Waals surface area contributed by atoms with Gasteiger partial charge >= 0.3 is 0 Å². The highest BCUT2D eigenvalue weighted by Gasteiger charge is 2.22. The second kappa shape index (κ2) is 6.34. The average Bonchev–Trinajstić information content (AvgIpc) is 2.97. The number of aryl methyl sites for hydroxylation is 2. The molecule has 0 aromatic carbocycles. The lowest BCUT2D eigenvalue weighted by Crippen LogP contribution is -2.37. The lowest BCUT2D eigenvalue weighted by molar-refractivity contribution is 0.194. The van der Waals surface area contributed by atoms with Gasteiger partial charge < -0.3 is 5.32 Å². The molecule has 0 spiro atoms. The van der Waals surface area contributed by atoms with Crippen molar-refractivity contribution in [1.82, 2.24) is 20.0 Å². The van der Waals surface area contributed by atoms with E-state index in [1.165, 1.54) is 25.1 Å². The van der Waals surface area contributed by atoms with Gasteiger partial charge in [0.2, 0.25) is 0 Å². The third kappa shape index (κ3) is 3.12. The normalized spacial score (nSPS) is 19.9. The molecule has 0 bridgehead atoms. The quantitative estimate of drug-likeness (QED) is 0.835.